The smallest absolute Gasteiger partial charge is 0.279 e. The van der Waals surface area contributed by atoms with E-state index in [0.717, 1.165) is 32.4 Å². The van der Waals surface area contributed by atoms with Crippen LogP contribution < -0.4 is 10.0 Å². The Balaban J connectivity index is 2.35. The summed E-state index contributed by atoms with van der Waals surface area (Å²) in [6, 6.07) is 0. The average molecular weight is 291 g/mol. The van der Waals surface area contributed by atoms with Crippen LogP contribution in [0.4, 0.5) is 0 Å². The van der Waals surface area contributed by atoms with Crippen LogP contribution in [0.15, 0.2) is 0 Å². The molecule has 6 heteroatoms. The summed E-state index contributed by atoms with van der Waals surface area (Å²) < 4.78 is 28.6. The van der Waals surface area contributed by atoms with Crippen LogP contribution in [0.25, 0.3) is 0 Å². The molecule has 1 aliphatic heterocycles. The maximum atomic E-state index is 12.2. The highest BCUT2D eigenvalue weighted by Gasteiger charge is 2.20. The van der Waals surface area contributed by atoms with Gasteiger partial charge in [-0.15, -0.1) is 0 Å². The summed E-state index contributed by atoms with van der Waals surface area (Å²) in [6.45, 7) is 7.90. The number of nitrogens with one attached hydrogen (secondary N) is 2. The van der Waals surface area contributed by atoms with E-state index in [-0.39, 0.29) is 0 Å². The Kier molecular flexibility index (Phi) is 7.90. The van der Waals surface area contributed by atoms with Crippen molar-refractivity contribution in [3.8, 4) is 0 Å². The van der Waals surface area contributed by atoms with Gasteiger partial charge in [-0.05, 0) is 51.1 Å². The summed E-state index contributed by atoms with van der Waals surface area (Å²) >= 11 is 0. The fraction of sp³-hybridized carbons (Fsp3) is 1.00. The summed E-state index contributed by atoms with van der Waals surface area (Å²) in [5.41, 5.74) is 0. The second-order valence-corrected chi connectivity index (χ2v) is 7.05. The Morgan fingerprint density at radius 2 is 1.95 bits per heavy atom. The molecule has 1 unspecified atom stereocenters. The minimum absolute atomic E-state index is 0.554. The van der Waals surface area contributed by atoms with Crippen molar-refractivity contribution in [2.75, 3.05) is 32.7 Å². The highest BCUT2D eigenvalue weighted by Crippen LogP contribution is 2.13. The van der Waals surface area contributed by atoms with E-state index in [1.807, 2.05) is 13.8 Å². The van der Waals surface area contributed by atoms with E-state index < -0.39 is 10.2 Å². The minimum Gasteiger partial charge on any atom is -0.316 e. The Morgan fingerprint density at radius 1 is 1.26 bits per heavy atom. The molecule has 0 saturated carbocycles. The van der Waals surface area contributed by atoms with E-state index in [4.69, 9.17) is 0 Å². The lowest BCUT2D eigenvalue weighted by molar-refractivity contribution is 0.354. The highest BCUT2D eigenvalue weighted by molar-refractivity contribution is 7.87. The molecule has 1 rings (SSSR count). The predicted molar refractivity (Wildman–Crippen MR) is 79.3 cm³/mol. The average Bonchev–Trinajstić information content (AvgIpc) is 2.39. The fourth-order valence-corrected chi connectivity index (χ4v) is 3.91. The molecular formula is C13H29N3O2S. The highest BCUT2D eigenvalue weighted by atomic mass is 32.2. The van der Waals surface area contributed by atoms with Crippen LogP contribution in [0.5, 0.6) is 0 Å². The van der Waals surface area contributed by atoms with Crippen molar-refractivity contribution in [2.24, 2.45) is 5.92 Å². The third-order valence-corrected chi connectivity index (χ3v) is 5.14. The lowest BCUT2D eigenvalue weighted by Gasteiger charge is -2.24. The molecule has 1 aliphatic rings. The van der Waals surface area contributed by atoms with Crippen molar-refractivity contribution < 1.29 is 8.42 Å². The zero-order valence-corrected chi connectivity index (χ0v) is 13.1. The van der Waals surface area contributed by atoms with E-state index in [1.54, 1.807) is 4.31 Å². The van der Waals surface area contributed by atoms with Gasteiger partial charge in [-0.3, -0.25) is 0 Å². The normalized spacial score (nSPS) is 20.9. The van der Waals surface area contributed by atoms with Gasteiger partial charge in [-0.2, -0.15) is 12.7 Å². The molecule has 114 valence electrons. The van der Waals surface area contributed by atoms with Crippen molar-refractivity contribution in [2.45, 2.75) is 46.0 Å². The molecule has 0 radical (unpaired) electrons. The van der Waals surface area contributed by atoms with E-state index >= 15 is 0 Å². The number of hydrogen-bond donors (Lipinski definition) is 2. The van der Waals surface area contributed by atoms with Gasteiger partial charge in [0.15, 0.2) is 0 Å². The van der Waals surface area contributed by atoms with Crippen LogP contribution in [-0.4, -0.2) is 45.4 Å². The lowest BCUT2D eigenvalue weighted by Crippen LogP contribution is -2.42. The van der Waals surface area contributed by atoms with Gasteiger partial charge in [0.25, 0.3) is 10.2 Å². The van der Waals surface area contributed by atoms with Gasteiger partial charge in [-0.1, -0.05) is 13.8 Å². The minimum atomic E-state index is -3.28. The fourth-order valence-electron chi connectivity index (χ4n) is 2.50. The first kappa shape index (κ1) is 16.9. The Hall–Kier alpha value is -0.170. The summed E-state index contributed by atoms with van der Waals surface area (Å²) in [5.74, 6) is 0.613. The van der Waals surface area contributed by atoms with Crippen LogP contribution in [0.1, 0.15) is 46.0 Å². The van der Waals surface area contributed by atoms with Crippen LogP contribution >= 0.6 is 0 Å². The second-order valence-electron chi connectivity index (χ2n) is 5.30. The molecule has 0 amide bonds. The van der Waals surface area contributed by atoms with Gasteiger partial charge < -0.3 is 5.32 Å². The van der Waals surface area contributed by atoms with Gasteiger partial charge in [0.1, 0.15) is 0 Å². The zero-order valence-electron chi connectivity index (χ0n) is 12.3. The first-order valence-corrected chi connectivity index (χ1v) is 8.99. The van der Waals surface area contributed by atoms with Crippen LogP contribution in [0.3, 0.4) is 0 Å². The third-order valence-electron chi connectivity index (χ3n) is 3.52. The Bertz CT molecular complexity index is 321. The standard InChI is InChI=1S/C13H29N3O2S/c1-3-10-16(11-4-2)19(17,18)15-9-7-13-6-5-8-14-12-13/h13-15H,3-12H2,1-2H3. The molecule has 2 N–H and O–H groups in total. The number of hydrogen-bond acceptors (Lipinski definition) is 3. The largest absolute Gasteiger partial charge is 0.316 e. The van der Waals surface area contributed by atoms with Crippen molar-refractivity contribution in [1.29, 1.82) is 0 Å². The first-order chi connectivity index (χ1) is 9.10. The van der Waals surface area contributed by atoms with Gasteiger partial charge in [0.05, 0.1) is 0 Å². The molecule has 5 nitrogen and oxygen atoms in total. The van der Waals surface area contributed by atoms with Crippen LogP contribution in [-0.2, 0) is 10.2 Å². The molecule has 0 aliphatic carbocycles. The van der Waals surface area contributed by atoms with Crippen molar-refractivity contribution >= 4 is 10.2 Å². The van der Waals surface area contributed by atoms with Gasteiger partial charge in [-0.25, -0.2) is 4.72 Å². The van der Waals surface area contributed by atoms with Gasteiger partial charge in [0.2, 0.25) is 0 Å². The van der Waals surface area contributed by atoms with E-state index in [2.05, 4.69) is 10.0 Å². The SMILES string of the molecule is CCCN(CCC)S(=O)(=O)NCCC1CCCNC1. The first-order valence-electron chi connectivity index (χ1n) is 7.55. The van der Waals surface area contributed by atoms with E-state index in [9.17, 15) is 8.42 Å². The van der Waals surface area contributed by atoms with Crippen molar-refractivity contribution in [3.05, 3.63) is 0 Å². The molecule has 0 aromatic heterocycles. The van der Waals surface area contributed by atoms with E-state index in [0.29, 0.717) is 25.6 Å². The van der Waals surface area contributed by atoms with E-state index in [1.165, 1.54) is 12.8 Å². The van der Waals surface area contributed by atoms with Gasteiger partial charge in [0, 0.05) is 19.6 Å². The molecule has 1 fully saturated rings. The molecular weight excluding hydrogens is 262 g/mol. The molecule has 0 aromatic rings. The summed E-state index contributed by atoms with van der Waals surface area (Å²) in [5, 5.41) is 3.36. The predicted octanol–water partition coefficient (Wildman–Crippen LogP) is 1.33. The van der Waals surface area contributed by atoms with Crippen molar-refractivity contribution in [3.63, 3.8) is 0 Å². The molecule has 0 aromatic carbocycles. The lowest BCUT2D eigenvalue weighted by atomic mass is 9.96. The van der Waals surface area contributed by atoms with Crippen LogP contribution in [0, 0.1) is 5.92 Å². The molecule has 0 spiro atoms. The summed E-state index contributed by atoms with van der Waals surface area (Å²) in [4.78, 5) is 0. The molecule has 1 heterocycles. The summed E-state index contributed by atoms with van der Waals surface area (Å²) in [6.07, 6.45) is 5.05. The zero-order chi connectivity index (χ0) is 14.1. The molecule has 1 saturated heterocycles. The maximum Gasteiger partial charge on any atom is 0.279 e. The topological polar surface area (TPSA) is 61.4 Å². The summed E-state index contributed by atoms with van der Waals surface area (Å²) in [7, 11) is -3.28. The molecule has 1 atom stereocenters. The maximum absolute atomic E-state index is 12.2. The molecule has 0 bridgehead atoms. The van der Waals surface area contributed by atoms with Crippen LogP contribution in [0.2, 0.25) is 0 Å². The monoisotopic (exact) mass is 291 g/mol. The Labute approximate surface area is 118 Å². The second kappa shape index (κ2) is 8.89. The quantitative estimate of drug-likeness (QED) is 0.674. The number of piperidine rings is 1. The molecule has 19 heavy (non-hydrogen) atoms. The number of rotatable bonds is 9. The third kappa shape index (κ3) is 6.21. The Morgan fingerprint density at radius 3 is 2.47 bits per heavy atom. The van der Waals surface area contributed by atoms with Crippen molar-refractivity contribution in [1.82, 2.24) is 14.3 Å². The number of nitrogens with zero attached hydrogens (tertiary/aromatic N) is 1. The van der Waals surface area contributed by atoms with Gasteiger partial charge >= 0.3 is 0 Å².